The van der Waals surface area contributed by atoms with E-state index in [1.807, 2.05) is 31.2 Å². The number of nitrogens with zero attached hydrogens (tertiary/aromatic N) is 1. The van der Waals surface area contributed by atoms with Crippen LogP contribution in [0.15, 0.2) is 47.4 Å². The van der Waals surface area contributed by atoms with Crippen molar-refractivity contribution >= 4 is 21.6 Å². The maximum atomic E-state index is 12.6. The van der Waals surface area contributed by atoms with Crippen molar-refractivity contribution in [2.45, 2.75) is 25.2 Å². The van der Waals surface area contributed by atoms with Gasteiger partial charge in [-0.3, -0.25) is 4.79 Å². The van der Waals surface area contributed by atoms with Gasteiger partial charge in [-0.2, -0.15) is 0 Å². The average molecular weight is 346 g/mol. The fraction of sp³-hybridized carbons (Fsp3) is 0.278. The van der Waals surface area contributed by atoms with Crippen LogP contribution in [0.2, 0.25) is 0 Å². The average Bonchev–Trinajstić information content (AvgIpc) is 2.55. The maximum absolute atomic E-state index is 12.6. The minimum absolute atomic E-state index is 0.104. The zero-order valence-corrected chi connectivity index (χ0v) is 15.1. The van der Waals surface area contributed by atoms with Gasteiger partial charge in [0.2, 0.25) is 10.0 Å². The molecule has 1 amide bonds. The Labute approximate surface area is 143 Å². The van der Waals surface area contributed by atoms with E-state index in [0.717, 1.165) is 27.5 Å². The van der Waals surface area contributed by atoms with E-state index in [-0.39, 0.29) is 10.8 Å². The van der Waals surface area contributed by atoms with Crippen LogP contribution < -0.4 is 5.32 Å². The number of para-hydroxylation sites is 1. The number of anilines is 1. The first-order valence-electron chi connectivity index (χ1n) is 7.69. The molecule has 128 valence electrons. The Morgan fingerprint density at radius 3 is 2.42 bits per heavy atom. The number of hydrogen-bond acceptors (Lipinski definition) is 3. The van der Waals surface area contributed by atoms with Gasteiger partial charge >= 0.3 is 0 Å². The lowest BCUT2D eigenvalue weighted by atomic mass is 10.1. The molecule has 0 heterocycles. The van der Waals surface area contributed by atoms with E-state index < -0.39 is 10.0 Å². The highest BCUT2D eigenvalue weighted by Crippen LogP contribution is 2.21. The molecule has 0 fully saturated rings. The van der Waals surface area contributed by atoms with Crippen molar-refractivity contribution in [2.24, 2.45) is 0 Å². The van der Waals surface area contributed by atoms with Crippen molar-refractivity contribution in [3.05, 3.63) is 59.2 Å². The molecule has 5 nitrogen and oxygen atoms in total. The number of carbonyl (C=O) groups is 1. The normalized spacial score (nSPS) is 11.5. The highest BCUT2D eigenvalue weighted by atomic mass is 32.2. The van der Waals surface area contributed by atoms with Gasteiger partial charge in [0.05, 0.1) is 4.90 Å². The number of rotatable bonds is 5. The van der Waals surface area contributed by atoms with E-state index >= 15 is 0 Å². The Balaban J connectivity index is 2.40. The lowest BCUT2D eigenvalue weighted by Gasteiger charge is -2.14. The van der Waals surface area contributed by atoms with Gasteiger partial charge in [0, 0.05) is 25.3 Å². The summed E-state index contributed by atoms with van der Waals surface area (Å²) in [7, 11) is -0.653. The third kappa shape index (κ3) is 3.66. The summed E-state index contributed by atoms with van der Waals surface area (Å²) >= 11 is 0. The van der Waals surface area contributed by atoms with Crippen molar-refractivity contribution in [3.63, 3.8) is 0 Å². The van der Waals surface area contributed by atoms with Crippen molar-refractivity contribution in [2.75, 3.05) is 19.4 Å². The Kier molecular flexibility index (Phi) is 5.41. The smallest absolute Gasteiger partial charge is 0.255 e. The lowest BCUT2D eigenvalue weighted by molar-refractivity contribution is 0.102. The summed E-state index contributed by atoms with van der Waals surface area (Å²) in [5, 5.41) is 2.88. The van der Waals surface area contributed by atoms with Crippen LogP contribution in [0.25, 0.3) is 0 Å². The molecule has 2 aromatic carbocycles. The molecule has 0 bridgehead atoms. The standard InChI is InChI=1S/C18H22N2O3S/c1-5-14-8-6-7-9-17(14)19-18(21)16-12-15(11-10-13(16)2)24(22,23)20(3)4/h6-12H,5H2,1-4H3,(H,19,21). The molecule has 0 unspecified atom stereocenters. The molecule has 2 aromatic rings. The minimum atomic E-state index is -3.58. The molecule has 0 saturated heterocycles. The van der Waals surface area contributed by atoms with Crippen LogP contribution in [0.4, 0.5) is 5.69 Å². The van der Waals surface area contributed by atoms with Gasteiger partial charge in [0.15, 0.2) is 0 Å². The summed E-state index contributed by atoms with van der Waals surface area (Å²) in [6.07, 6.45) is 0.796. The molecule has 0 aliphatic carbocycles. The number of hydrogen-bond donors (Lipinski definition) is 1. The number of sulfonamides is 1. The van der Waals surface area contributed by atoms with Crippen LogP contribution >= 0.6 is 0 Å². The number of nitrogens with one attached hydrogen (secondary N) is 1. The largest absolute Gasteiger partial charge is 0.322 e. The molecule has 0 radical (unpaired) electrons. The van der Waals surface area contributed by atoms with Crippen LogP contribution in [0.1, 0.15) is 28.4 Å². The molecule has 0 atom stereocenters. The third-order valence-corrected chi connectivity index (χ3v) is 5.69. The molecule has 0 aliphatic rings. The van der Waals surface area contributed by atoms with E-state index in [2.05, 4.69) is 5.32 Å². The maximum Gasteiger partial charge on any atom is 0.255 e. The Bertz CT molecular complexity index is 858. The molecule has 0 aromatic heterocycles. The molecule has 6 heteroatoms. The molecule has 2 rings (SSSR count). The molecule has 1 N–H and O–H groups in total. The van der Waals surface area contributed by atoms with Crippen LogP contribution in [0.5, 0.6) is 0 Å². The van der Waals surface area contributed by atoms with Gasteiger partial charge in [-0.1, -0.05) is 31.2 Å². The first-order valence-corrected chi connectivity index (χ1v) is 9.13. The molecular formula is C18H22N2O3S. The van der Waals surface area contributed by atoms with Gasteiger partial charge < -0.3 is 5.32 Å². The van der Waals surface area contributed by atoms with E-state index in [1.54, 1.807) is 13.0 Å². The highest BCUT2D eigenvalue weighted by Gasteiger charge is 2.20. The Morgan fingerprint density at radius 1 is 1.12 bits per heavy atom. The first kappa shape index (κ1) is 18.2. The second-order valence-corrected chi connectivity index (χ2v) is 7.88. The van der Waals surface area contributed by atoms with E-state index in [1.165, 1.54) is 26.2 Å². The van der Waals surface area contributed by atoms with Crippen LogP contribution in [-0.2, 0) is 16.4 Å². The summed E-state index contributed by atoms with van der Waals surface area (Å²) in [5.74, 6) is -0.316. The fourth-order valence-corrected chi connectivity index (χ4v) is 3.29. The first-order chi connectivity index (χ1) is 11.3. The Hall–Kier alpha value is -2.18. The molecule has 0 saturated carbocycles. The second-order valence-electron chi connectivity index (χ2n) is 5.73. The number of benzene rings is 2. The fourth-order valence-electron chi connectivity index (χ4n) is 2.36. The third-order valence-electron chi connectivity index (χ3n) is 3.88. The SMILES string of the molecule is CCc1ccccc1NC(=O)c1cc(S(=O)(=O)N(C)C)ccc1C. The zero-order valence-electron chi connectivity index (χ0n) is 14.3. The Morgan fingerprint density at radius 2 is 1.79 bits per heavy atom. The van der Waals surface area contributed by atoms with Crippen LogP contribution in [-0.4, -0.2) is 32.7 Å². The second kappa shape index (κ2) is 7.15. The van der Waals surface area contributed by atoms with Crippen molar-refractivity contribution in [1.29, 1.82) is 0 Å². The monoisotopic (exact) mass is 346 g/mol. The van der Waals surface area contributed by atoms with Gasteiger partial charge in [-0.05, 0) is 42.7 Å². The molecule has 24 heavy (non-hydrogen) atoms. The summed E-state index contributed by atoms with van der Waals surface area (Å²) in [6.45, 7) is 3.80. The van der Waals surface area contributed by atoms with Crippen molar-refractivity contribution in [3.8, 4) is 0 Å². The summed E-state index contributed by atoms with van der Waals surface area (Å²) < 4.78 is 25.7. The minimum Gasteiger partial charge on any atom is -0.322 e. The molecule has 0 aliphatic heterocycles. The number of carbonyl (C=O) groups excluding carboxylic acids is 1. The predicted octanol–water partition coefficient (Wildman–Crippen LogP) is 3.06. The lowest BCUT2D eigenvalue weighted by Crippen LogP contribution is -2.23. The van der Waals surface area contributed by atoms with E-state index in [0.29, 0.717) is 5.56 Å². The van der Waals surface area contributed by atoms with Gasteiger partial charge in [0.25, 0.3) is 5.91 Å². The number of aryl methyl sites for hydroxylation is 2. The zero-order chi connectivity index (χ0) is 17.9. The van der Waals surface area contributed by atoms with Gasteiger partial charge in [-0.15, -0.1) is 0 Å². The molecule has 0 spiro atoms. The van der Waals surface area contributed by atoms with Crippen LogP contribution in [0, 0.1) is 6.92 Å². The van der Waals surface area contributed by atoms with Crippen LogP contribution in [0.3, 0.4) is 0 Å². The number of amides is 1. The van der Waals surface area contributed by atoms with Gasteiger partial charge in [-0.25, -0.2) is 12.7 Å². The summed E-state index contributed by atoms with van der Waals surface area (Å²) in [5.41, 5.74) is 2.84. The molecular weight excluding hydrogens is 324 g/mol. The van der Waals surface area contributed by atoms with E-state index in [9.17, 15) is 13.2 Å². The highest BCUT2D eigenvalue weighted by molar-refractivity contribution is 7.89. The van der Waals surface area contributed by atoms with Crippen molar-refractivity contribution in [1.82, 2.24) is 4.31 Å². The topological polar surface area (TPSA) is 66.5 Å². The summed E-state index contributed by atoms with van der Waals surface area (Å²) in [4.78, 5) is 12.7. The van der Waals surface area contributed by atoms with Crippen molar-refractivity contribution < 1.29 is 13.2 Å². The quantitative estimate of drug-likeness (QED) is 0.905. The summed E-state index contributed by atoms with van der Waals surface area (Å²) in [6, 6.07) is 12.2. The van der Waals surface area contributed by atoms with Gasteiger partial charge in [0.1, 0.15) is 0 Å². The predicted molar refractivity (Wildman–Crippen MR) is 95.8 cm³/mol. The van der Waals surface area contributed by atoms with E-state index in [4.69, 9.17) is 0 Å².